The number of nitrogens with two attached hydrogens (primary N) is 1. The van der Waals surface area contributed by atoms with E-state index in [1.165, 1.54) is 44.9 Å². The Hall–Kier alpha value is -0.730. The smallest absolute Gasteiger partial charge is 0.191 e. The SMILES string of the molecule is CCCC1(CN=C(N)N2CCCC(C)C2)CCC1. The Morgan fingerprint density at radius 1 is 1.39 bits per heavy atom. The van der Waals surface area contributed by atoms with Crippen LogP contribution in [0.1, 0.15) is 58.8 Å². The number of aliphatic imine (C=N–C) groups is 1. The molecule has 0 amide bonds. The number of likely N-dealkylation sites (tertiary alicyclic amines) is 1. The van der Waals surface area contributed by atoms with Crippen molar-refractivity contribution in [2.24, 2.45) is 22.1 Å². The zero-order chi connectivity index (χ0) is 13.0. The first kappa shape index (κ1) is 13.7. The molecule has 2 N–H and O–H groups in total. The van der Waals surface area contributed by atoms with Gasteiger partial charge in [-0.25, -0.2) is 0 Å². The fraction of sp³-hybridized carbons (Fsp3) is 0.933. The molecule has 1 saturated heterocycles. The Bertz CT molecular complexity index is 294. The van der Waals surface area contributed by atoms with Crippen molar-refractivity contribution >= 4 is 5.96 Å². The summed E-state index contributed by atoms with van der Waals surface area (Å²) in [5.74, 6) is 1.56. The van der Waals surface area contributed by atoms with E-state index in [1.54, 1.807) is 0 Å². The lowest BCUT2D eigenvalue weighted by Crippen LogP contribution is -2.44. The summed E-state index contributed by atoms with van der Waals surface area (Å²) in [6.07, 6.45) is 9.29. The van der Waals surface area contributed by atoms with Crippen molar-refractivity contribution in [3.05, 3.63) is 0 Å². The molecular formula is C15H29N3. The van der Waals surface area contributed by atoms with E-state index < -0.39 is 0 Å². The fourth-order valence-corrected chi connectivity index (χ4v) is 3.44. The first-order valence-corrected chi connectivity index (χ1v) is 7.70. The molecule has 0 aromatic carbocycles. The molecule has 1 aliphatic carbocycles. The molecule has 1 atom stereocenters. The third-order valence-corrected chi connectivity index (χ3v) is 4.75. The van der Waals surface area contributed by atoms with Crippen LogP contribution < -0.4 is 5.73 Å². The molecule has 3 heteroatoms. The second-order valence-corrected chi connectivity index (χ2v) is 6.47. The number of piperidine rings is 1. The normalized spacial score (nSPS) is 28.0. The van der Waals surface area contributed by atoms with Crippen molar-refractivity contribution < 1.29 is 0 Å². The Kier molecular flexibility index (Phi) is 4.52. The lowest BCUT2D eigenvalue weighted by Gasteiger charge is -2.41. The lowest BCUT2D eigenvalue weighted by molar-refractivity contribution is 0.129. The van der Waals surface area contributed by atoms with Gasteiger partial charge in [-0.2, -0.15) is 0 Å². The molecule has 2 fully saturated rings. The van der Waals surface area contributed by atoms with Crippen LogP contribution in [0.25, 0.3) is 0 Å². The quantitative estimate of drug-likeness (QED) is 0.616. The van der Waals surface area contributed by atoms with E-state index in [1.807, 2.05) is 0 Å². The average Bonchev–Trinajstić information content (AvgIpc) is 2.32. The molecule has 104 valence electrons. The first-order valence-electron chi connectivity index (χ1n) is 7.70. The molecule has 1 saturated carbocycles. The van der Waals surface area contributed by atoms with Gasteiger partial charge >= 0.3 is 0 Å². The molecule has 2 aliphatic rings. The van der Waals surface area contributed by atoms with Gasteiger partial charge in [-0.3, -0.25) is 4.99 Å². The minimum absolute atomic E-state index is 0.501. The van der Waals surface area contributed by atoms with E-state index in [0.717, 1.165) is 31.5 Å². The van der Waals surface area contributed by atoms with Crippen LogP contribution in [0.15, 0.2) is 4.99 Å². The van der Waals surface area contributed by atoms with Gasteiger partial charge in [-0.15, -0.1) is 0 Å². The first-order chi connectivity index (χ1) is 8.65. The molecule has 18 heavy (non-hydrogen) atoms. The average molecular weight is 251 g/mol. The monoisotopic (exact) mass is 251 g/mol. The van der Waals surface area contributed by atoms with Gasteiger partial charge in [-0.1, -0.05) is 26.7 Å². The van der Waals surface area contributed by atoms with Gasteiger partial charge in [0, 0.05) is 19.6 Å². The molecule has 2 rings (SSSR count). The van der Waals surface area contributed by atoms with Crippen LogP contribution in [-0.2, 0) is 0 Å². The highest BCUT2D eigenvalue weighted by Gasteiger charge is 2.35. The molecular weight excluding hydrogens is 222 g/mol. The van der Waals surface area contributed by atoms with Crippen LogP contribution in [0.5, 0.6) is 0 Å². The van der Waals surface area contributed by atoms with Crippen LogP contribution in [0, 0.1) is 11.3 Å². The number of guanidine groups is 1. The lowest BCUT2D eigenvalue weighted by atomic mass is 9.66. The highest BCUT2D eigenvalue weighted by molar-refractivity contribution is 5.78. The van der Waals surface area contributed by atoms with E-state index in [9.17, 15) is 0 Å². The third-order valence-electron chi connectivity index (χ3n) is 4.75. The summed E-state index contributed by atoms with van der Waals surface area (Å²) in [5.41, 5.74) is 6.67. The summed E-state index contributed by atoms with van der Waals surface area (Å²) in [4.78, 5) is 7.00. The maximum atomic E-state index is 6.17. The van der Waals surface area contributed by atoms with E-state index in [0.29, 0.717) is 5.41 Å². The number of hydrogen-bond donors (Lipinski definition) is 1. The van der Waals surface area contributed by atoms with Crippen LogP contribution in [0.4, 0.5) is 0 Å². The molecule has 0 aromatic heterocycles. The predicted octanol–water partition coefficient (Wildman–Crippen LogP) is 3.00. The minimum atomic E-state index is 0.501. The van der Waals surface area contributed by atoms with Crippen molar-refractivity contribution in [3.8, 4) is 0 Å². The Morgan fingerprint density at radius 2 is 2.17 bits per heavy atom. The highest BCUT2D eigenvalue weighted by atomic mass is 15.3. The summed E-state index contributed by atoms with van der Waals surface area (Å²) in [6, 6.07) is 0. The van der Waals surface area contributed by atoms with Gasteiger partial charge in [-0.05, 0) is 43.4 Å². The van der Waals surface area contributed by atoms with Gasteiger partial charge in [0.15, 0.2) is 5.96 Å². The van der Waals surface area contributed by atoms with E-state index in [2.05, 4.69) is 18.7 Å². The summed E-state index contributed by atoms with van der Waals surface area (Å²) in [6.45, 7) is 7.73. The van der Waals surface area contributed by atoms with E-state index in [-0.39, 0.29) is 0 Å². The molecule has 1 heterocycles. The van der Waals surface area contributed by atoms with Crippen LogP contribution in [0.2, 0.25) is 0 Å². The van der Waals surface area contributed by atoms with Gasteiger partial charge in [0.25, 0.3) is 0 Å². The fourth-order valence-electron chi connectivity index (χ4n) is 3.44. The maximum absolute atomic E-state index is 6.17. The third kappa shape index (κ3) is 3.18. The molecule has 0 aromatic rings. The summed E-state index contributed by atoms with van der Waals surface area (Å²) < 4.78 is 0. The highest BCUT2D eigenvalue weighted by Crippen LogP contribution is 2.45. The molecule has 1 unspecified atom stereocenters. The van der Waals surface area contributed by atoms with Gasteiger partial charge in [0.05, 0.1) is 0 Å². The minimum Gasteiger partial charge on any atom is -0.370 e. The second-order valence-electron chi connectivity index (χ2n) is 6.47. The van der Waals surface area contributed by atoms with Gasteiger partial charge in [0.2, 0.25) is 0 Å². The summed E-state index contributed by atoms with van der Waals surface area (Å²) in [7, 11) is 0. The summed E-state index contributed by atoms with van der Waals surface area (Å²) >= 11 is 0. The van der Waals surface area contributed by atoms with E-state index >= 15 is 0 Å². The maximum Gasteiger partial charge on any atom is 0.191 e. The second kappa shape index (κ2) is 5.94. The zero-order valence-electron chi connectivity index (χ0n) is 12.1. The van der Waals surface area contributed by atoms with Crippen molar-refractivity contribution in [1.82, 2.24) is 4.90 Å². The van der Waals surface area contributed by atoms with Crippen molar-refractivity contribution in [3.63, 3.8) is 0 Å². The molecule has 0 bridgehead atoms. The Morgan fingerprint density at radius 3 is 2.72 bits per heavy atom. The number of hydrogen-bond acceptors (Lipinski definition) is 1. The summed E-state index contributed by atoms with van der Waals surface area (Å²) in [5, 5.41) is 0. The van der Waals surface area contributed by atoms with Crippen LogP contribution in [0.3, 0.4) is 0 Å². The molecule has 0 spiro atoms. The van der Waals surface area contributed by atoms with Crippen LogP contribution in [-0.4, -0.2) is 30.5 Å². The molecule has 1 aliphatic heterocycles. The molecule has 3 nitrogen and oxygen atoms in total. The van der Waals surface area contributed by atoms with E-state index in [4.69, 9.17) is 10.7 Å². The van der Waals surface area contributed by atoms with Gasteiger partial charge < -0.3 is 10.6 Å². The van der Waals surface area contributed by atoms with Crippen LogP contribution >= 0.6 is 0 Å². The standard InChI is InChI=1S/C15H29N3/c1-3-7-15(8-5-9-15)12-17-14(16)18-10-4-6-13(2)11-18/h13H,3-12H2,1-2H3,(H2,16,17). The Balaban J connectivity index is 1.87. The predicted molar refractivity (Wildman–Crippen MR) is 77.7 cm³/mol. The van der Waals surface area contributed by atoms with Gasteiger partial charge in [0.1, 0.15) is 0 Å². The molecule has 0 radical (unpaired) electrons. The zero-order valence-corrected chi connectivity index (χ0v) is 12.1. The number of rotatable bonds is 4. The largest absolute Gasteiger partial charge is 0.370 e. The number of nitrogens with zero attached hydrogens (tertiary/aromatic N) is 2. The topological polar surface area (TPSA) is 41.6 Å². The van der Waals surface area contributed by atoms with Crippen molar-refractivity contribution in [2.45, 2.75) is 58.8 Å². The van der Waals surface area contributed by atoms with Crippen molar-refractivity contribution in [1.29, 1.82) is 0 Å². The Labute approximate surface area is 112 Å². The van der Waals surface area contributed by atoms with Crippen molar-refractivity contribution in [2.75, 3.05) is 19.6 Å².